The molecule has 1 saturated heterocycles. The van der Waals surface area contributed by atoms with E-state index < -0.39 is 10.1 Å². The highest BCUT2D eigenvalue weighted by Crippen LogP contribution is 2.35. The second-order valence-electron chi connectivity index (χ2n) is 10.4. The van der Waals surface area contributed by atoms with Gasteiger partial charge in [0.05, 0.1) is 22.4 Å². The summed E-state index contributed by atoms with van der Waals surface area (Å²) in [5.41, 5.74) is 3.34. The molecule has 42 heavy (non-hydrogen) atoms. The van der Waals surface area contributed by atoms with E-state index in [2.05, 4.69) is 111 Å². The Morgan fingerprint density at radius 3 is 1.79 bits per heavy atom. The number of anilines is 2. The zero-order valence-electron chi connectivity index (χ0n) is 24.7. The summed E-state index contributed by atoms with van der Waals surface area (Å²) in [6.07, 6.45) is 1.91. The van der Waals surface area contributed by atoms with Crippen molar-refractivity contribution in [3.8, 4) is 5.75 Å². The van der Waals surface area contributed by atoms with Crippen LogP contribution in [0.5, 0.6) is 5.75 Å². The normalized spacial score (nSPS) is 14.7. The number of ether oxygens (including phenoxy) is 2. The Bertz CT molecular complexity index is 1500. The van der Waals surface area contributed by atoms with E-state index >= 15 is 0 Å². The molecule has 0 aliphatic carbocycles. The number of aryl methyl sites for hydroxylation is 1. The third-order valence-electron chi connectivity index (χ3n) is 6.66. The molecule has 0 saturated carbocycles. The van der Waals surface area contributed by atoms with E-state index in [1.807, 2.05) is 6.92 Å². The summed E-state index contributed by atoms with van der Waals surface area (Å²) in [7, 11) is 3.85. The van der Waals surface area contributed by atoms with Crippen molar-refractivity contribution in [1.29, 1.82) is 0 Å². The number of benzene rings is 4. The highest BCUT2D eigenvalue weighted by atomic mass is 32.2. The summed E-state index contributed by atoms with van der Waals surface area (Å²) in [5.74, 6) is 0.864. The quantitative estimate of drug-likeness (QED) is 0.171. The summed E-state index contributed by atoms with van der Waals surface area (Å²) < 4.78 is 42.8. The van der Waals surface area contributed by atoms with Crippen LogP contribution in [0.15, 0.2) is 117 Å². The number of hydrogen-bond acceptors (Lipinski definition) is 7. The van der Waals surface area contributed by atoms with Gasteiger partial charge in [0, 0.05) is 58.1 Å². The van der Waals surface area contributed by atoms with Crippen LogP contribution in [-0.2, 0) is 25.7 Å². The van der Waals surface area contributed by atoms with Crippen molar-refractivity contribution in [3.05, 3.63) is 103 Å². The first kappa shape index (κ1) is 31.4. The van der Waals surface area contributed by atoms with Crippen LogP contribution >= 0.6 is 0 Å². The number of nitrogens with zero attached hydrogens (tertiary/aromatic N) is 2. The van der Waals surface area contributed by atoms with Crippen molar-refractivity contribution < 1.29 is 22.4 Å². The zero-order valence-corrected chi connectivity index (χ0v) is 26.3. The van der Waals surface area contributed by atoms with Crippen LogP contribution in [-0.4, -0.2) is 54.1 Å². The zero-order chi connectivity index (χ0) is 30.3. The summed E-state index contributed by atoms with van der Waals surface area (Å²) >= 11 is 0. The molecule has 9 heteroatoms. The van der Waals surface area contributed by atoms with Gasteiger partial charge in [-0.25, -0.2) is 8.42 Å². The average Bonchev–Trinajstić information content (AvgIpc) is 3.48. The van der Waals surface area contributed by atoms with Gasteiger partial charge in [-0.2, -0.15) is 0 Å². The van der Waals surface area contributed by atoms with E-state index in [0.29, 0.717) is 0 Å². The molecule has 0 N–H and O–H groups in total. The lowest BCUT2D eigenvalue weighted by Gasteiger charge is -2.16. The number of hydrogen-bond donors (Lipinski definition) is 0. The van der Waals surface area contributed by atoms with Crippen molar-refractivity contribution >= 4 is 32.4 Å². The Morgan fingerprint density at radius 2 is 1.33 bits per heavy atom. The van der Waals surface area contributed by atoms with Crippen LogP contribution in [0.25, 0.3) is 0 Å². The van der Waals surface area contributed by atoms with Gasteiger partial charge in [-0.1, -0.05) is 29.8 Å². The lowest BCUT2D eigenvalue weighted by Crippen LogP contribution is -2.14. The van der Waals surface area contributed by atoms with E-state index in [1.165, 1.54) is 38.2 Å². The van der Waals surface area contributed by atoms with Crippen molar-refractivity contribution in [2.45, 2.75) is 45.6 Å². The van der Waals surface area contributed by atoms with Crippen LogP contribution in [0.3, 0.4) is 0 Å². The smallest absolute Gasteiger partial charge is 0.199 e. The van der Waals surface area contributed by atoms with Crippen molar-refractivity contribution in [3.63, 3.8) is 0 Å². The van der Waals surface area contributed by atoms with Crippen LogP contribution in [0.4, 0.5) is 11.4 Å². The van der Waals surface area contributed by atoms with Crippen molar-refractivity contribution in [2.75, 3.05) is 44.6 Å². The maximum absolute atomic E-state index is 10.4. The standard InChI is InChI=1S/C26H31N2O2S.C7H8O3S/c1-27(2)20-8-5-10-24(18-20)31(25-11-6-9-21(19-25)28(3)4)23-15-13-22(14-16-23)30-26-12-7-17-29-26;1-6-2-4-7(5-3-6)11(8,9)10/h5-6,8-11,13-16,18-19,26H,7,12,17H2,1-4H3;2-5H,1H3,(H,8,9,10)/q+1;/p-1. The van der Waals surface area contributed by atoms with E-state index in [4.69, 9.17) is 9.47 Å². The van der Waals surface area contributed by atoms with Gasteiger partial charge in [-0.15, -0.1) is 0 Å². The minimum Gasteiger partial charge on any atom is -0.744 e. The Kier molecular flexibility index (Phi) is 10.6. The van der Waals surface area contributed by atoms with Gasteiger partial charge in [0.15, 0.2) is 21.0 Å². The van der Waals surface area contributed by atoms with Crippen molar-refractivity contribution in [1.82, 2.24) is 0 Å². The molecule has 222 valence electrons. The van der Waals surface area contributed by atoms with Gasteiger partial charge in [-0.3, -0.25) is 0 Å². The molecular weight excluding hydrogens is 569 g/mol. The van der Waals surface area contributed by atoms with Gasteiger partial charge in [0.1, 0.15) is 15.9 Å². The van der Waals surface area contributed by atoms with Crippen LogP contribution in [0.2, 0.25) is 0 Å². The highest BCUT2D eigenvalue weighted by Gasteiger charge is 2.30. The summed E-state index contributed by atoms with van der Waals surface area (Å²) in [4.78, 5) is 8.00. The monoisotopic (exact) mass is 606 g/mol. The maximum atomic E-state index is 10.4. The Balaban J connectivity index is 0.000000310. The van der Waals surface area contributed by atoms with Crippen LogP contribution < -0.4 is 14.5 Å². The molecule has 0 bridgehead atoms. The van der Waals surface area contributed by atoms with Crippen LogP contribution in [0.1, 0.15) is 18.4 Å². The predicted octanol–water partition coefficient (Wildman–Crippen LogP) is 6.33. The molecule has 7 nitrogen and oxygen atoms in total. The van der Waals surface area contributed by atoms with E-state index in [-0.39, 0.29) is 22.1 Å². The molecule has 0 radical (unpaired) electrons. The first-order valence-electron chi connectivity index (χ1n) is 13.7. The first-order valence-corrected chi connectivity index (χ1v) is 16.3. The van der Waals surface area contributed by atoms with Gasteiger partial charge >= 0.3 is 0 Å². The molecule has 4 aromatic carbocycles. The molecule has 1 fully saturated rings. The number of rotatable bonds is 8. The fourth-order valence-corrected chi connectivity index (χ4v) is 6.94. The summed E-state index contributed by atoms with van der Waals surface area (Å²) in [5, 5.41) is 0. The Morgan fingerprint density at radius 1 is 0.786 bits per heavy atom. The van der Waals surface area contributed by atoms with Crippen LogP contribution in [0, 0.1) is 6.92 Å². The third-order valence-corrected chi connectivity index (χ3v) is 9.71. The van der Waals surface area contributed by atoms with Gasteiger partial charge in [-0.05, 0) is 74.0 Å². The molecule has 0 spiro atoms. The predicted molar refractivity (Wildman–Crippen MR) is 169 cm³/mol. The molecule has 1 unspecified atom stereocenters. The molecule has 1 aliphatic rings. The second-order valence-corrected chi connectivity index (χ2v) is 13.8. The largest absolute Gasteiger partial charge is 0.744 e. The van der Waals surface area contributed by atoms with Gasteiger partial charge in [0.25, 0.3) is 0 Å². The Labute approximate surface area is 252 Å². The summed E-state index contributed by atoms with van der Waals surface area (Å²) in [6.45, 7) is 2.61. The molecule has 0 aromatic heterocycles. The van der Waals surface area contributed by atoms with E-state index in [1.54, 1.807) is 12.1 Å². The second kappa shape index (κ2) is 14.1. The molecule has 1 atom stereocenters. The first-order chi connectivity index (χ1) is 20.0. The average molecular weight is 607 g/mol. The SMILES string of the molecule is CN(C)c1cccc([S+](c2ccc(OC3CCCO3)cc2)c2cccc(N(C)C)c2)c1.Cc1ccc(S(=O)(=O)[O-])cc1. The summed E-state index contributed by atoms with van der Waals surface area (Å²) in [6, 6.07) is 32.0. The minimum absolute atomic E-state index is 0.113. The molecule has 0 amide bonds. The van der Waals surface area contributed by atoms with Gasteiger partial charge in [0.2, 0.25) is 0 Å². The molecule has 1 heterocycles. The minimum atomic E-state index is -4.27. The Hall–Kier alpha value is -3.50. The lowest BCUT2D eigenvalue weighted by atomic mass is 10.2. The van der Waals surface area contributed by atoms with Crippen molar-refractivity contribution in [2.24, 2.45) is 0 Å². The van der Waals surface area contributed by atoms with E-state index in [9.17, 15) is 13.0 Å². The molecule has 5 rings (SSSR count). The van der Waals surface area contributed by atoms with Gasteiger partial charge < -0.3 is 23.8 Å². The highest BCUT2D eigenvalue weighted by molar-refractivity contribution is 7.97. The lowest BCUT2D eigenvalue weighted by molar-refractivity contribution is -0.0390. The molecular formula is C33H38N2O5S2. The molecule has 1 aliphatic heterocycles. The maximum Gasteiger partial charge on any atom is 0.199 e. The third kappa shape index (κ3) is 8.51. The fourth-order valence-electron chi connectivity index (χ4n) is 4.34. The topological polar surface area (TPSA) is 82.1 Å². The fraction of sp³-hybridized carbons (Fsp3) is 0.273. The molecule has 4 aromatic rings. The van der Waals surface area contributed by atoms with E-state index in [0.717, 1.165) is 30.8 Å².